The lowest BCUT2D eigenvalue weighted by molar-refractivity contribution is -0.172. The molecule has 2 aliphatic rings. The summed E-state index contributed by atoms with van der Waals surface area (Å²) in [5.41, 5.74) is 0.987. The van der Waals surface area contributed by atoms with Gasteiger partial charge in [-0.2, -0.15) is 0 Å². The van der Waals surface area contributed by atoms with Gasteiger partial charge in [-0.15, -0.1) is 0 Å². The zero-order valence-electron chi connectivity index (χ0n) is 20.2. The van der Waals surface area contributed by atoms with Crippen molar-refractivity contribution in [1.29, 1.82) is 0 Å². The number of hydrogen-bond donors (Lipinski definition) is 1. The fraction of sp³-hybridized carbons (Fsp3) is 0.654. The number of aliphatic hydroxyl groups is 1. The van der Waals surface area contributed by atoms with E-state index >= 15 is 0 Å². The van der Waals surface area contributed by atoms with Crippen LogP contribution >= 0.6 is 0 Å². The fourth-order valence-corrected chi connectivity index (χ4v) is 5.05. The van der Waals surface area contributed by atoms with E-state index < -0.39 is 12.1 Å². The highest BCUT2D eigenvalue weighted by atomic mass is 16.5. The smallest absolute Gasteiger partial charge is 0.333 e. The lowest BCUT2D eigenvalue weighted by Crippen LogP contribution is -2.57. The maximum absolute atomic E-state index is 12.6. The molecule has 0 aliphatic heterocycles. The minimum Gasteiger partial charge on any atom is -0.459 e. The van der Waals surface area contributed by atoms with Crippen LogP contribution in [0.2, 0.25) is 0 Å². The second-order valence-corrected chi connectivity index (χ2v) is 9.73. The van der Waals surface area contributed by atoms with Gasteiger partial charge in [-0.05, 0) is 64.2 Å². The minimum atomic E-state index is -0.996. The molecular formula is C26H38O6. The lowest BCUT2D eigenvalue weighted by atomic mass is 9.51. The molecular weight excluding hydrogens is 408 g/mol. The summed E-state index contributed by atoms with van der Waals surface area (Å²) >= 11 is 0. The number of esters is 2. The first-order chi connectivity index (χ1) is 14.9. The largest absolute Gasteiger partial charge is 0.459 e. The number of fused-ring (bicyclic) bond motifs is 1. The van der Waals surface area contributed by atoms with Gasteiger partial charge in [0, 0.05) is 24.0 Å². The molecule has 0 aromatic rings. The van der Waals surface area contributed by atoms with Crippen molar-refractivity contribution in [3.63, 3.8) is 0 Å². The van der Waals surface area contributed by atoms with E-state index in [4.69, 9.17) is 9.47 Å². The number of ketones is 1. The van der Waals surface area contributed by atoms with Crippen LogP contribution in [-0.4, -0.2) is 41.1 Å². The molecule has 7 unspecified atom stereocenters. The molecule has 2 aliphatic carbocycles. The van der Waals surface area contributed by atoms with Crippen LogP contribution in [0.15, 0.2) is 36.0 Å². The average Bonchev–Trinajstić information content (AvgIpc) is 2.73. The van der Waals surface area contributed by atoms with Crippen molar-refractivity contribution in [2.45, 2.75) is 85.5 Å². The van der Waals surface area contributed by atoms with Gasteiger partial charge in [-0.3, -0.25) is 4.79 Å². The van der Waals surface area contributed by atoms with Crippen molar-refractivity contribution in [3.05, 3.63) is 36.0 Å². The molecule has 2 rings (SSSR count). The minimum absolute atomic E-state index is 0.00751. The number of carbonyl (C=O) groups excluding carboxylic acids is 3. The van der Waals surface area contributed by atoms with E-state index in [-0.39, 0.29) is 47.1 Å². The highest BCUT2D eigenvalue weighted by Crippen LogP contribution is 2.55. The Morgan fingerprint density at radius 2 is 1.97 bits per heavy atom. The summed E-state index contributed by atoms with van der Waals surface area (Å²) in [6.45, 7) is 15.1. The summed E-state index contributed by atoms with van der Waals surface area (Å²) in [6.07, 6.45) is 5.36. The van der Waals surface area contributed by atoms with E-state index in [1.807, 2.05) is 13.8 Å². The van der Waals surface area contributed by atoms with E-state index in [0.29, 0.717) is 31.3 Å². The van der Waals surface area contributed by atoms with E-state index in [0.717, 1.165) is 5.57 Å². The van der Waals surface area contributed by atoms with Crippen molar-refractivity contribution in [2.75, 3.05) is 0 Å². The summed E-state index contributed by atoms with van der Waals surface area (Å²) in [7, 11) is 0. The number of rotatable bonds is 7. The summed E-state index contributed by atoms with van der Waals surface area (Å²) in [6, 6.07) is 0. The number of carbonyl (C=O) groups is 3. The van der Waals surface area contributed by atoms with Gasteiger partial charge >= 0.3 is 11.9 Å². The molecule has 2 saturated carbocycles. The van der Waals surface area contributed by atoms with Crippen molar-refractivity contribution < 1.29 is 29.0 Å². The predicted octanol–water partition coefficient (Wildman–Crippen LogP) is 4.32. The molecule has 2 fully saturated rings. The molecule has 0 amide bonds. The Morgan fingerprint density at radius 1 is 1.31 bits per heavy atom. The second-order valence-electron chi connectivity index (χ2n) is 9.73. The Hall–Kier alpha value is -2.21. The Bertz CT molecular complexity index is 809. The van der Waals surface area contributed by atoms with Crippen molar-refractivity contribution in [3.8, 4) is 0 Å². The summed E-state index contributed by atoms with van der Waals surface area (Å²) in [5.74, 6) is -1.44. The molecule has 0 saturated heterocycles. The van der Waals surface area contributed by atoms with E-state index in [2.05, 4.69) is 13.5 Å². The quantitative estimate of drug-likeness (QED) is 0.356. The van der Waals surface area contributed by atoms with E-state index in [1.54, 1.807) is 32.9 Å². The zero-order valence-corrected chi connectivity index (χ0v) is 20.2. The Morgan fingerprint density at radius 3 is 2.56 bits per heavy atom. The molecule has 6 heteroatoms. The van der Waals surface area contributed by atoms with Gasteiger partial charge in [0.25, 0.3) is 0 Å². The third-order valence-electron chi connectivity index (χ3n) is 7.51. The molecule has 1 N–H and O–H groups in total. The van der Waals surface area contributed by atoms with Crippen molar-refractivity contribution in [2.24, 2.45) is 23.2 Å². The van der Waals surface area contributed by atoms with Crippen LogP contribution < -0.4 is 0 Å². The molecule has 7 atom stereocenters. The zero-order chi connectivity index (χ0) is 24.2. The third-order valence-corrected chi connectivity index (χ3v) is 7.51. The average molecular weight is 447 g/mol. The van der Waals surface area contributed by atoms with Gasteiger partial charge in [0.15, 0.2) is 5.78 Å². The van der Waals surface area contributed by atoms with Gasteiger partial charge in [-0.25, -0.2) is 9.59 Å². The molecule has 0 aromatic carbocycles. The Labute approximate surface area is 191 Å². The summed E-state index contributed by atoms with van der Waals surface area (Å²) < 4.78 is 11.1. The number of hydrogen-bond acceptors (Lipinski definition) is 6. The third kappa shape index (κ3) is 5.58. The van der Waals surface area contributed by atoms with Crippen molar-refractivity contribution >= 4 is 17.7 Å². The van der Waals surface area contributed by atoms with Gasteiger partial charge in [0.1, 0.15) is 18.3 Å². The SMILES string of the molecule is C=C(C)C1CC2(C)C(C)C(OC(=O)C=CCC(C)OC(=O)C(C)=CC)CCC2C(O)C1=O. The predicted molar refractivity (Wildman–Crippen MR) is 123 cm³/mol. The van der Waals surface area contributed by atoms with Gasteiger partial charge < -0.3 is 14.6 Å². The fourth-order valence-electron chi connectivity index (χ4n) is 5.05. The van der Waals surface area contributed by atoms with Crippen LogP contribution in [0.3, 0.4) is 0 Å². The first-order valence-corrected chi connectivity index (χ1v) is 11.5. The lowest BCUT2D eigenvalue weighted by Gasteiger charge is -2.54. The van der Waals surface area contributed by atoms with E-state index in [1.165, 1.54) is 6.08 Å². The van der Waals surface area contributed by atoms with Crippen LogP contribution in [0.25, 0.3) is 0 Å². The van der Waals surface area contributed by atoms with Crippen LogP contribution in [-0.2, 0) is 23.9 Å². The number of ether oxygens (including phenoxy) is 2. The van der Waals surface area contributed by atoms with Gasteiger partial charge in [0.05, 0.1) is 0 Å². The first-order valence-electron chi connectivity index (χ1n) is 11.5. The van der Waals surface area contributed by atoms with Crippen LogP contribution in [0.1, 0.15) is 67.2 Å². The van der Waals surface area contributed by atoms with Crippen LogP contribution in [0.4, 0.5) is 0 Å². The molecule has 0 bridgehead atoms. The number of allylic oxidation sites excluding steroid dienone is 2. The number of aliphatic hydroxyl groups excluding tert-OH is 1. The molecule has 0 radical (unpaired) electrons. The molecule has 32 heavy (non-hydrogen) atoms. The van der Waals surface area contributed by atoms with Gasteiger partial charge in [0.2, 0.25) is 0 Å². The van der Waals surface area contributed by atoms with E-state index in [9.17, 15) is 19.5 Å². The standard InChI is InChI=1S/C26H38O6/c1-8-16(4)25(30)31-17(5)10-9-11-22(27)32-21-13-12-20-24(29)23(28)19(15(2)3)14-26(20,7)18(21)6/h8-9,11,17-21,24,29H,2,10,12-14H2,1,3-7H3. The first kappa shape index (κ1) is 26.0. The number of Topliss-reactive ketones (excluding diaryl/α,β-unsaturated/α-hetero) is 1. The molecule has 178 valence electrons. The normalized spacial score (nSPS) is 34.0. The van der Waals surface area contributed by atoms with Crippen molar-refractivity contribution in [1.82, 2.24) is 0 Å². The Balaban J connectivity index is 1.97. The maximum Gasteiger partial charge on any atom is 0.333 e. The summed E-state index contributed by atoms with van der Waals surface area (Å²) in [5, 5.41) is 10.7. The summed E-state index contributed by atoms with van der Waals surface area (Å²) in [4.78, 5) is 36.8. The topological polar surface area (TPSA) is 89.9 Å². The van der Waals surface area contributed by atoms with Crippen LogP contribution in [0.5, 0.6) is 0 Å². The molecule has 0 aromatic heterocycles. The van der Waals surface area contributed by atoms with Gasteiger partial charge in [-0.1, -0.05) is 38.2 Å². The molecule has 6 nitrogen and oxygen atoms in total. The second kappa shape index (κ2) is 10.6. The highest BCUT2D eigenvalue weighted by Gasteiger charge is 2.56. The maximum atomic E-state index is 12.6. The monoisotopic (exact) mass is 446 g/mol. The highest BCUT2D eigenvalue weighted by molar-refractivity contribution is 5.89. The molecule has 0 heterocycles. The molecule has 0 spiro atoms. The Kier molecular flexibility index (Phi) is 8.63. The van der Waals surface area contributed by atoms with Crippen LogP contribution in [0, 0.1) is 23.2 Å².